The van der Waals surface area contributed by atoms with Crippen molar-refractivity contribution in [2.75, 3.05) is 25.5 Å². The van der Waals surface area contributed by atoms with Gasteiger partial charge in [0.05, 0.1) is 19.8 Å². The Morgan fingerprint density at radius 3 is 2.94 bits per heavy atom. The average Bonchev–Trinajstić information content (AvgIpc) is 2.82. The summed E-state index contributed by atoms with van der Waals surface area (Å²) in [7, 11) is 1.81. The monoisotopic (exact) mass is 234 g/mol. The van der Waals surface area contributed by atoms with Gasteiger partial charge in [-0.05, 0) is 30.2 Å². The number of carbonyl (C=O) groups excluding carboxylic acids is 1. The molecule has 0 saturated carbocycles. The van der Waals surface area contributed by atoms with E-state index in [-0.39, 0.29) is 5.91 Å². The standard InChI is InChI=1S/C13H18N2O2/c1-3-15(2)13(16)7-14-12-5-4-10-8-17-9-11(10)6-12/h4-6,14H,3,7-9H2,1-2H3. The predicted molar refractivity (Wildman–Crippen MR) is 66.7 cm³/mol. The van der Waals surface area contributed by atoms with Gasteiger partial charge in [-0.15, -0.1) is 0 Å². The summed E-state index contributed by atoms with van der Waals surface area (Å²) in [5, 5.41) is 3.14. The molecule has 1 amide bonds. The van der Waals surface area contributed by atoms with Gasteiger partial charge >= 0.3 is 0 Å². The van der Waals surface area contributed by atoms with Crippen LogP contribution in [-0.2, 0) is 22.7 Å². The van der Waals surface area contributed by atoms with E-state index in [2.05, 4.69) is 17.4 Å². The maximum Gasteiger partial charge on any atom is 0.241 e. The van der Waals surface area contributed by atoms with Crippen LogP contribution in [0.5, 0.6) is 0 Å². The molecule has 1 aliphatic rings. The van der Waals surface area contributed by atoms with Gasteiger partial charge in [0.15, 0.2) is 0 Å². The lowest BCUT2D eigenvalue weighted by molar-refractivity contribution is -0.127. The molecule has 0 fully saturated rings. The van der Waals surface area contributed by atoms with Crippen LogP contribution in [-0.4, -0.2) is 30.9 Å². The zero-order valence-electron chi connectivity index (χ0n) is 10.3. The highest BCUT2D eigenvalue weighted by Gasteiger charge is 2.12. The lowest BCUT2D eigenvalue weighted by Gasteiger charge is -2.15. The Labute approximate surface area is 102 Å². The number of nitrogens with zero attached hydrogens (tertiary/aromatic N) is 1. The van der Waals surface area contributed by atoms with Gasteiger partial charge in [-0.2, -0.15) is 0 Å². The van der Waals surface area contributed by atoms with Crippen molar-refractivity contribution in [2.45, 2.75) is 20.1 Å². The first-order valence-electron chi connectivity index (χ1n) is 5.88. The highest BCUT2D eigenvalue weighted by molar-refractivity contribution is 5.80. The summed E-state index contributed by atoms with van der Waals surface area (Å²) < 4.78 is 5.35. The molecule has 0 spiro atoms. The van der Waals surface area contributed by atoms with E-state index >= 15 is 0 Å². The van der Waals surface area contributed by atoms with Gasteiger partial charge in [-0.25, -0.2) is 0 Å². The number of benzene rings is 1. The van der Waals surface area contributed by atoms with E-state index in [1.165, 1.54) is 11.1 Å². The van der Waals surface area contributed by atoms with Gasteiger partial charge in [0, 0.05) is 19.3 Å². The molecule has 1 aliphatic heterocycles. The van der Waals surface area contributed by atoms with Crippen LogP contribution in [0.3, 0.4) is 0 Å². The number of carbonyl (C=O) groups is 1. The first-order valence-corrected chi connectivity index (χ1v) is 5.88. The molecule has 0 radical (unpaired) electrons. The van der Waals surface area contributed by atoms with Crippen LogP contribution in [0.4, 0.5) is 5.69 Å². The van der Waals surface area contributed by atoms with Crippen LogP contribution in [0, 0.1) is 0 Å². The summed E-state index contributed by atoms with van der Waals surface area (Å²) in [6, 6.07) is 6.10. The van der Waals surface area contributed by atoms with Crippen molar-refractivity contribution < 1.29 is 9.53 Å². The molecular weight excluding hydrogens is 216 g/mol. The highest BCUT2D eigenvalue weighted by atomic mass is 16.5. The van der Waals surface area contributed by atoms with Gasteiger partial charge < -0.3 is 15.0 Å². The Morgan fingerprint density at radius 1 is 1.41 bits per heavy atom. The van der Waals surface area contributed by atoms with E-state index in [4.69, 9.17) is 4.74 Å². The molecule has 4 nitrogen and oxygen atoms in total. The van der Waals surface area contributed by atoms with Gasteiger partial charge in [-0.1, -0.05) is 6.07 Å². The second-order valence-electron chi connectivity index (χ2n) is 4.24. The SMILES string of the molecule is CCN(C)C(=O)CNc1ccc2c(c1)COC2. The molecule has 1 heterocycles. The van der Waals surface area contributed by atoms with E-state index in [0.717, 1.165) is 12.2 Å². The average molecular weight is 234 g/mol. The molecule has 0 atom stereocenters. The first-order chi connectivity index (χ1) is 8.20. The second kappa shape index (κ2) is 5.19. The van der Waals surface area contributed by atoms with E-state index in [1.807, 2.05) is 13.0 Å². The third-order valence-electron chi connectivity index (χ3n) is 3.07. The van der Waals surface area contributed by atoms with Crippen molar-refractivity contribution >= 4 is 11.6 Å². The van der Waals surface area contributed by atoms with Crippen molar-refractivity contribution in [3.8, 4) is 0 Å². The third-order valence-corrected chi connectivity index (χ3v) is 3.07. The minimum atomic E-state index is 0.101. The van der Waals surface area contributed by atoms with Crippen LogP contribution in [0.25, 0.3) is 0 Å². The number of rotatable bonds is 4. The molecule has 0 aliphatic carbocycles. The van der Waals surface area contributed by atoms with Crippen molar-refractivity contribution in [2.24, 2.45) is 0 Å². The second-order valence-corrected chi connectivity index (χ2v) is 4.24. The van der Waals surface area contributed by atoms with Gasteiger partial charge in [0.2, 0.25) is 5.91 Å². The Kier molecular flexibility index (Phi) is 3.64. The van der Waals surface area contributed by atoms with Crippen LogP contribution < -0.4 is 5.32 Å². The number of ether oxygens (including phenoxy) is 1. The van der Waals surface area contributed by atoms with E-state index < -0.39 is 0 Å². The van der Waals surface area contributed by atoms with Crippen molar-refractivity contribution in [1.82, 2.24) is 4.90 Å². The molecule has 0 saturated heterocycles. The maximum atomic E-state index is 11.6. The summed E-state index contributed by atoms with van der Waals surface area (Å²) in [6.45, 7) is 4.41. The van der Waals surface area contributed by atoms with E-state index in [1.54, 1.807) is 11.9 Å². The molecule has 1 N–H and O–H groups in total. The summed E-state index contributed by atoms with van der Waals surface area (Å²) >= 11 is 0. The maximum absolute atomic E-state index is 11.6. The summed E-state index contributed by atoms with van der Waals surface area (Å²) in [5.74, 6) is 0.101. The van der Waals surface area contributed by atoms with Crippen LogP contribution in [0.1, 0.15) is 18.1 Å². The van der Waals surface area contributed by atoms with Crippen LogP contribution in [0.15, 0.2) is 18.2 Å². The van der Waals surface area contributed by atoms with Gasteiger partial charge in [-0.3, -0.25) is 4.79 Å². The number of fused-ring (bicyclic) bond motifs is 1. The molecule has 0 unspecified atom stereocenters. The van der Waals surface area contributed by atoms with Crippen LogP contribution in [0.2, 0.25) is 0 Å². The Balaban J connectivity index is 1.93. The van der Waals surface area contributed by atoms with Crippen molar-refractivity contribution in [3.05, 3.63) is 29.3 Å². The third kappa shape index (κ3) is 2.77. The fourth-order valence-corrected chi connectivity index (χ4v) is 1.77. The topological polar surface area (TPSA) is 41.6 Å². The fraction of sp³-hybridized carbons (Fsp3) is 0.462. The largest absolute Gasteiger partial charge is 0.376 e. The molecule has 1 aromatic rings. The fourth-order valence-electron chi connectivity index (χ4n) is 1.77. The first kappa shape index (κ1) is 11.9. The number of anilines is 1. The minimum Gasteiger partial charge on any atom is -0.376 e. The quantitative estimate of drug-likeness (QED) is 0.860. The number of amides is 1. The van der Waals surface area contributed by atoms with Gasteiger partial charge in [0.1, 0.15) is 0 Å². The highest BCUT2D eigenvalue weighted by Crippen LogP contribution is 2.22. The zero-order valence-corrected chi connectivity index (χ0v) is 10.3. The molecule has 0 aromatic heterocycles. The normalized spacial score (nSPS) is 13.3. The predicted octanol–water partition coefficient (Wildman–Crippen LogP) is 1.61. The molecule has 1 aromatic carbocycles. The van der Waals surface area contributed by atoms with Crippen molar-refractivity contribution in [1.29, 1.82) is 0 Å². The number of hydrogen-bond donors (Lipinski definition) is 1. The number of likely N-dealkylation sites (N-methyl/N-ethyl adjacent to an activating group) is 1. The number of hydrogen-bond acceptors (Lipinski definition) is 3. The Hall–Kier alpha value is -1.55. The van der Waals surface area contributed by atoms with Gasteiger partial charge in [0.25, 0.3) is 0 Å². The smallest absolute Gasteiger partial charge is 0.241 e. The molecule has 92 valence electrons. The molecule has 2 rings (SSSR count). The lowest BCUT2D eigenvalue weighted by Crippen LogP contribution is -2.31. The molecule has 0 bridgehead atoms. The Bertz CT molecular complexity index is 418. The van der Waals surface area contributed by atoms with E-state index in [0.29, 0.717) is 19.8 Å². The minimum absolute atomic E-state index is 0.101. The Morgan fingerprint density at radius 2 is 2.18 bits per heavy atom. The lowest BCUT2D eigenvalue weighted by atomic mass is 10.1. The molecule has 17 heavy (non-hydrogen) atoms. The van der Waals surface area contributed by atoms with Crippen molar-refractivity contribution in [3.63, 3.8) is 0 Å². The summed E-state index contributed by atoms with van der Waals surface area (Å²) in [4.78, 5) is 13.3. The summed E-state index contributed by atoms with van der Waals surface area (Å²) in [6.07, 6.45) is 0. The van der Waals surface area contributed by atoms with Crippen LogP contribution >= 0.6 is 0 Å². The number of nitrogens with one attached hydrogen (secondary N) is 1. The van der Waals surface area contributed by atoms with E-state index in [9.17, 15) is 4.79 Å². The summed E-state index contributed by atoms with van der Waals surface area (Å²) in [5.41, 5.74) is 3.44. The molecule has 4 heteroatoms. The molecular formula is C13H18N2O2. The zero-order chi connectivity index (χ0) is 12.3.